The lowest BCUT2D eigenvalue weighted by Crippen LogP contribution is -2.29. The van der Waals surface area contributed by atoms with Crippen LogP contribution >= 0.6 is 0 Å². The quantitative estimate of drug-likeness (QED) is 0.563. The van der Waals surface area contributed by atoms with E-state index >= 15 is 0 Å². The van der Waals surface area contributed by atoms with Crippen LogP contribution in [-0.2, 0) is 6.54 Å². The van der Waals surface area contributed by atoms with E-state index in [-0.39, 0.29) is 0 Å². The first-order chi connectivity index (χ1) is 5.42. The molecule has 0 radical (unpaired) electrons. The van der Waals surface area contributed by atoms with Crippen molar-refractivity contribution in [3.63, 3.8) is 0 Å². The molecule has 1 aromatic heterocycles. The number of aryl methyl sites for hydroxylation is 1. The van der Waals surface area contributed by atoms with Gasteiger partial charge >= 0.3 is 0 Å². The van der Waals surface area contributed by atoms with Crippen LogP contribution in [0.5, 0.6) is 0 Å². The predicted octanol–water partition coefficient (Wildman–Crippen LogP) is 1.74. The Morgan fingerprint density at radius 3 is 3.00 bits per heavy atom. The Morgan fingerprint density at radius 2 is 2.18 bits per heavy atom. The molecule has 1 heterocycles. The fraction of sp³-hybridized carbons (Fsp3) is 0.222. The van der Waals surface area contributed by atoms with E-state index in [0.29, 0.717) is 0 Å². The van der Waals surface area contributed by atoms with Crippen molar-refractivity contribution < 1.29 is 9.26 Å². The molecule has 0 bridgehead atoms. The van der Waals surface area contributed by atoms with Crippen LogP contribution in [0, 0.1) is 0 Å². The van der Waals surface area contributed by atoms with Crippen molar-refractivity contribution in [1.29, 1.82) is 0 Å². The Balaban J connectivity index is 2.76. The highest BCUT2D eigenvalue weighted by molar-refractivity contribution is 5.73. The molecule has 2 aromatic rings. The molecule has 0 N–H and O–H groups in total. The van der Waals surface area contributed by atoms with Gasteiger partial charge in [-0.1, -0.05) is 12.1 Å². The maximum Gasteiger partial charge on any atom is 0.261 e. The van der Waals surface area contributed by atoms with Gasteiger partial charge in [-0.2, -0.15) is 0 Å². The zero-order valence-electron chi connectivity index (χ0n) is 6.45. The van der Waals surface area contributed by atoms with Crippen LogP contribution in [0.15, 0.2) is 35.1 Å². The molecule has 0 spiro atoms. The van der Waals surface area contributed by atoms with Gasteiger partial charge in [0.2, 0.25) is 0 Å². The third-order valence-corrected chi connectivity index (χ3v) is 1.80. The van der Waals surface area contributed by atoms with Crippen LogP contribution in [0.3, 0.4) is 0 Å². The zero-order valence-corrected chi connectivity index (χ0v) is 6.45. The Kier molecular flexibility index (Phi) is 1.39. The van der Waals surface area contributed by atoms with Crippen molar-refractivity contribution in [3.05, 3.63) is 30.5 Å². The van der Waals surface area contributed by atoms with Gasteiger partial charge in [0.1, 0.15) is 0 Å². The second kappa shape index (κ2) is 2.38. The zero-order chi connectivity index (χ0) is 7.68. The molecule has 2 rings (SSSR count). The van der Waals surface area contributed by atoms with Gasteiger partial charge in [0, 0.05) is 6.07 Å². The highest BCUT2D eigenvalue weighted by Gasteiger charge is 2.09. The number of hydrogen-bond acceptors (Lipinski definition) is 1. The summed E-state index contributed by atoms with van der Waals surface area (Å²) in [6.07, 6.45) is 1.78. The molecule has 2 heteroatoms. The second-order valence-corrected chi connectivity index (χ2v) is 2.48. The Bertz CT molecular complexity index is 364. The van der Waals surface area contributed by atoms with Crippen LogP contribution in [0.4, 0.5) is 0 Å². The summed E-state index contributed by atoms with van der Waals surface area (Å²) in [7, 11) is 0. The molecule has 2 nitrogen and oxygen atoms in total. The van der Waals surface area contributed by atoms with Gasteiger partial charge in [0.15, 0.2) is 12.8 Å². The number of benzene rings is 1. The summed E-state index contributed by atoms with van der Waals surface area (Å²) in [4.78, 5) is 0. The van der Waals surface area contributed by atoms with Gasteiger partial charge < -0.3 is 0 Å². The number of hydrogen-bond donors (Lipinski definition) is 0. The van der Waals surface area contributed by atoms with Crippen molar-refractivity contribution in [3.8, 4) is 0 Å². The maximum absolute atomic E-state index is 5.28. The van der Waals surface area contributed by atoms with Gasteiger partial charge in [-0.25, -0.2) is 4.52 Å². The molecule has 0 atom stereocenters. The lowest BCUT2D eigenvalue weighted by molar-refractivity contribution is -0.841. The number of fused-ring (bicyclic) bond motifs is 1. The highest BCUT2D eigenvalue weighted by atomic mass is 16.5. The molecule has 0 unspecified atom stereocenters. The van der Waals surface area contributed by atoms with E-state index in [1.54, 1.807) is 6.26 Å². The molecular weight excluding hydrogens is 138 g/mol. The summed E-state index contributed by atoms with van der Waals surface area (Å²) in [6, 6.07) is 8.13. The highest BCUT2D eigenvalue weighted by Crippen LogP contribution is 2.08. The number of para-hydroxylation sites is 1. The molecule has 0 aliphatic heterocycles. The molecule has 0 saturated carbocycles. The molecule has 1 aromatic carbocycles. The van der Waals surface area contributed by atoms with Crippen LogP contribution < -0.4 is 4.74 Å². The Hall–Kier alpha value is -1.31. The van der Waals surface area contributed by atoms with Crippen molar-refractivity contribution >= 4 is 10.9 Å². The van der Waals surface area contributed by atoms with Crippen LogP contribution in [0.1, 0.15) is 6.92 Å². The third kappa shape index (κ3) is 0.909. The predicted molar refractivity (Wildman–Crippen MR) is 42.1 cm³/mol. The van der Waals surface area contributed by atoms with E-state index in [2.05, 4.69) is 13.0 Å². The summed E-state index contributed by atoms with van der Waals surface area (Å²) in [5.41, 5.74) is 1.16. The van der Waals surface area contributed by atoms with Gasteiger partial charge in [0.05, 0.1) is 5.39 Å². The summed E-state index contributed by atoms with van der Waals surface area (Å²) in [5.74, 6) is 0. The van der Waals surface area contributed by atoms with Crippen molar-refractivity contribution in [2.45, 2.75) is 13.5 Å². The maximum atomic E-state index is 5.28. The molecule has 0 fully saturated rings. The summed E-state index contributed by atoms with van der Waals surface area (Å²) < 4.78 is 7.15. The van der Waals surface area contributed by atoms with Crippen LogP contribution in [0.2, 0.25) is 0 Å². The third-order valence-electron chi connectivity index (χ3n) is 1.80. The first-order valence-corrected chi connectivity index (χ1v) is 3.78. The normalized spacial score (nSPS) is 10.6. The average Bonchev–Trinajstić information content (AvgIpc) is 2.47. The minimum absolute atomic E-state index is 0.882. The molecule has 0 saturated heterocycles. The number of nitrogens with zero attached hydrogens (tertiary/aromatic N) is 1. The van der Waals surface area contributed by atoms with Crippen molar-refractivity contribution in [2.75, 3.05) is 0 Å². The summed E-state index contributed by atoms with van der Waals surface area (Å²) in [6.45, 7) is 2.95. The Morgan fingerprint density at radius 1 is 1.36 bits per heavy atom. The van der Waals surface area contributed by atoms with Gasteiger partial charge in [0.25, 0.3) is 5.52 Å². The number of aromatic nitrogens is 1. The first-order valence-electron chi connectivity index (χ1n) is 3.78. The van der Waals surface area contributed by atoms with E-state index in [1.165, 1.54) is 0 Å². The fourth-order valence-corrected chi connectivity index (χ4v) is 1.24. The monoisotopic (exact) mass is 148 g/mol. The van der Waals surface area contributed by atoms with Crippen molar-refractivity contribution in [2.24, 2.45) is 0 Å². The molecule has 11 heavy (non-hydrogen) atoms. The molecule has 0 aliphatic carbocycles. The SMILES string of the molecule is CC[n+]1occ2ccccc21. The van der Waals surface area contributed by atoms with Gasteiger partial charge in [-0.05, 0) is 17.7 Å². The standard InChI is InChI=1S/C9H10NO/c1-2-10-9-6-4-3-5-8(9)7-11-10/h3-7H,2H2,1H3/q+1. The molecule has 0 amide bonds. The minimum atomic E-state index is 0.882. The Labute approximate surface area is 65.0 Å². The molecule has 56 valence electrons. The summed E-state index contributed by atoms with van der Waals surface area (Å²) in [5, 5.41) is 1.16. The molecular formula is C9H10NO+. The van der Waals surface area contributed by atoms with Gasteiger partial charge in [-0.3, -0.25) is 0 Å². The largest absolute Gasteiger partial charge is 0.261 e. The van der Waals surface area contributed by atoms with E-state index in [9.17, 15) is 0 Å². The topological polar surface area (TPSA) is 17.0 Å². The van der Waals surface area contributed by atoms with Crippen molar-refractivity contribution in [1.82, 2.24) is 0 Å². The average molecular weight is 148 g/mol. The fourth-order valence-electron chi connectivity index (χ4n) is 1.24. The van der Waals surface area contributed by atoms with Crippen LogP contribution in [-0.4, -0.2) is 0 Å². The number of rotatable bonds is 1. The molecule has 0 aliphatic rings. The lowest BCUT2D eigenvalue weighted by Gasteiger charge is -1.81. The van der Waals surface area contributed by atoms with E-state index in [0.717, 1.165) is 17.4 Å². The van der Waals surface area contributed by atoms with E-state index in [1.807, 2.05) is 22.9 Å². The van der Waals surface area contributed by atoms with E-state index in [4.69, 9.17) is 4.52 Å². The van der Waals surface area contributed by atoms with Crippen LogP contribution in [0.25, 0.3) is 10.9 Å². The van der Waals surface area contributed by atoms with Gasteiger partial charge in [-0.15, -0.1) is 0 Å². The second-order valence-electron chi connectivity index (χ2n) is 2.48. The minimum Gasteiger partial charge on any atom is -0.243 e. The van der Waals surface area contributed by atoms with E-state index < -0.39 is 0 Å². The first kappa shape index (κ1) is 6.40. The lowest BCUT2D eigenvalue weighted by atomic mass is 10.3. The summed E-state index contributed by atoms with van der Waals surface area (Å²) >= 11 is 0. The smallest absolute Gasteiger partial charge is 0.243 e.